The first-order valence-corrected chi connectivity index (χ1v) is 10.4. The number of anilines is 1. The van der Waals surface area contributed by atoms with Crippen LogP contribution in [0, 0.1) is 17.2 Å². The Balaban J connectivity index is 1.66. The van der Waals surface area contributed by atoms with Crippen LogP contribution >= 0.6 is 12.8 Å². The average Bonchev–Trinajstić information content (AvgIpc) is 3.13. The summed E-state index contributed by atoms with van der Waals surface area (Å²) < 4.78 is 40.5. The fraction of sp³-hybridized carbons (Fsp3) is 0.455. The van der Waals surface area contributed by atoms with E-state index in [9.17, 15) is 18.0 Å². The Bertz CT molecular complexity index is 884. The largest absolute Gasteiger partial charge is 0.393 e. The van der Waals surface area contributed by atoms with E-state index in [-0.39, 0.29) is 17.3 Å². The van der Waals surface area contributed by atoms with Crippen molar-refractivity contribution in [1.82, 2.24) is 4.72 Å². The second-order valence-electron chi connectivity index (χ2n) is 7.72. The van der Waals surface area contributed by atoms with Crippen molar-refractivity contribution >= 4 is 24.3 Å². The van der Waals surface area contributed by atoms with Gasteiger partial charge in [0.2, 0.25) is 5.78 Å². The molecule has 160 valence electrons. The number of Topliss-reactive ketones (excluding diaryl/α,β-unsaturated/α-hetero) is 1. The van der Waals surface area contributed by atoms with Crippen LogP contribution in [0.2, 0.25) is 0 Å². The molecule has 0 aromatic heterocycles. The first-order chi connectivity index (χ1) is 14.3. The van der Waals surface area contributed by atoms with Gasteiger partial charge in [0.15, 0.2) is 0 Å². The molecule has 0 fully saturated rings. The standard InChI is InChI=1S/C22H24F3N3OS/c23-22(24,25)12-16-2-6-18(7-3-16)28(14-27-30)10-9-15-1-4-17-5-8-19(20(17)11-15)21(29)13-26/h2-3,6-7,11,19,27,30H,1,4-5,8-10,12,14H2. The number of ketones is 1. The van der Waals surface area contributed by atoms with Gasteiger partial charge >= 0.3 is 6.18 Å². The van der Waals surface area contributed by atoms with Crippen molar-refractivity contribution in [3.8, 4) is 6.07 Å². The summed E-state index contributed by atoms with van der Waals surface area (Å²) in [6.07, 6.45) is 1.16. The molecule has 1 atom stereocenters. The highest BCUT2D eigenvalue weighted by atomic mass is 32.1. The lowest BCUT2D eigenvalue weighted by molar-refractivity contribution is -0.127. The predicted molar refractivity (Wildman–Crippen MR) is 113 cm³/mol. The van der Waals surface area contributed by atoms with Crippen molar-refractivity contribution in [3.63, 3.8) is 0 Å². The number of carbonyl (C=O) groups is 1. The van der Waals surface area contributed by atoms with Crippen LogP contribution in [0.25, 0.3) is 0 Å². The maximum absolute atomic E-state index is 12.6. The van der Waals surface area contributed by atoms with Crippen LogP contribution in [0.4, 0.5) is 18.9 Å². The molecule has 1 aromatic carbocycles. The normalized spacial score (nSPS) is 18.6. The molecule has 1 aromatic rings. The van der Waals surface area contributed by atoms with Crippen LogP contribution in [0.1, 0.15) is 37.7 Å². The van der Waals surface area contributed by atoms with Gasteiger partial charge in [0.1, 0.15) is 6.07 Å². The Morgan fingerprint density at radius 3 is 2.60 bits per heavy atom. The minimum Gasteiger partial charge on any atom is -0.358 e. The first-order valence-electron chi connectivity index (χ1n) is 9.93. The van der Waals surface area contributed by atoms with Crippen molar-refractivity contribution in [2.45, 2.75) is 44.7 Å². The molecule has 1 N–H and O–H groups in total. The smallest absolute Gasteiger partial charge is 0.358 e. The molecule has 0 spiro atoms. The number of rotatable bonds is 8. The Morgan fingerprint density at radius 2 is 1.97 bits per heavy atom. The maximum Gasteiger partial charge on any atom is 0.393 e. The monoisotopic (exact) mass is 435 g/mol. The lowest BCUT2D eigenvalue weighted by atomic mass is 9.88. The molecule has 0 amide bonds. The quantitative estimate of drug-likeness (QED) is 0.347. The fourth-order valence-corrected chi connectivity index (χ4v) is 4.38. The Kier molecular flexibility index (Phi) is 7.27. The van der Waals surface area contributed by atoms with E-state index in [4.69, 9.17) is 5.26 Å². The lowest BCUT2D eigenvalue weighted by Crippen LogP contribution is -2.31. The van der Waals surface area contributed by atoms with Crippen LogP contribution in [0.3, 0.4) is 0 Å². The summed E-state index contributed by atoms with van der Waals surface area (Å²) >= 11 is 4.07. The highest BCUT2D eigenvalue weighted by molar-refractivity contribution is 7.78. The van der Waals surface area contributed by atoms with Gasteiger partial charge in [0, 0.05) is 12.2 Å². The number of hydrogen-bond acceptors (Lipinski definition) is 5. The number of thiol groups is 1. The van der Waals surface area contributed by atoms with E-state index >= 15 is 0 Å². The molecule has 0 radical (unpaired) electrons. The molecular weight excluding hydrogens is 411 g/mol. The van der Waals surface area contributed by atoms with Crippen LogP contribution in [0.15, 0.2) is 47.1 Å². The van der Waals surface area contributed by atoms with E-state index in [1.807, 2.05) is 4.90 Å². The molecule has 0 aliphatic heterocycles. The van der Waals surface area contributed by atoms with Crippen molar-refractivity contribution in [3.05, 3.63) is 52.6 Å². The minimum absolute atomic E-state index is 0.230. The number of nitrogens with zero attached hydrogens (tertiary/aromatic N) is 2. The molecule has 3 rings (SSSR count). The third-order valence-electron chi connectivity index (χ3n) is 5.72. The third-order valence-corrected chi connectivity index (χ3v) is 5.86. The van der Waals surface area contributed by atoms with Gasteiger partial charge in [-0.05, 0) is 55.4 Å². The molecule has 0 saturated heterocycles. The zero-order valence-corrected chi connectivity index (χ0v) is 17.4. The Labute approximate surface area is 180 Å². The van der Waals surface area contributed by atoms with Crippen LogP contribution in [0.5, 0.6) is 0 Å². The fourth-order valence-electron chi connectivity index (χ4n) is 4.21. The first kappa shape index (κ1) is 22.4. The van der Waals surface area contributed by atoms with Gasteiger partial charge in [-0.15, -0.1) is 0 Å². The number of alkyl halides is 3. The SMILES string of the molecule is N#CC(=O)C1CCC2=C1C=C(CCN(CNS)c1ccc(CC(F)(F)F)cc1)CC2. The van der Waals surface area contributed by atoms with E-state index < -0.39 is 12.6 Å². The van der Waals surface area contributed by atoms with Gasteiger partial charge in [0.05, 0.1) is 19.0 Å². The summed E-state index contributed by atoms with van der Waals surface area (Å²) in [5.41, 5.74) is 4.59. The topological polar surface area (TPSA) is 56.1 Å². The predicted octanol–water partition coefficient (Wildman–Crippen LogP) is 4.90. The second kappa shape index (κ2) is 9.71. The highest BCUT2D eigenvalue weighted by Gasteiger charge is 2.31. The van der Waals surface area contributed by atoms with Crippen LogP contribution in [-0.4, -0.2) is 25.2 Å². The van der Waals surface area contributed by atoms with Crippen molar-refractivity contribution < 1.29 is 18.0 Å². The van der Waals surface area contributed by atoms with E-state index in [0.717, 1.165) is 43.4 Å². The van der Waals surface area contributed by atoms with Gasteiger partial charge in [-0.25, -0.2) is 4.72 Å². The van der Waals surface area contributed by atoms with Crippen LogP contribution in [-0.2, 0) is 11.2 Å². The van der Waals surface area contributed by atoms with Gasteiger partial charge in [0.25, 0.3) is 0 Å². The number of benzene rings is 1. The van der Waals surface area contributed by atoms with Crippen molar-refractivity contribution in [1.29, 1.82) is 5.26 Å². The number of nitriles is 1. The summed E-state index contributed by atoms with van der Waals surface area (Å²) in [6, 6.07) is 8.16. The molecule has 0 saturated carbocycles. The third kappa shape index (κ3) is 5.67. The van der Waals surface area contributed by atoms with Crippen molar-refractivity contribution in [2.75, 3.05) is 18.1 Å². The summed E-state index contributed by atoms with van der Waals surface area (Å²) in [5.74, 6) is -0.658. The molecule has 2 aliphatic rings. The molecule has 1 unspecified atom stereocenters. The Morgan fingerprint density at radius 1 is 1.23 bits per heavy atom. The van der Waals surface area contributed by atoms with Crippen molar-refractivity contribution in [2.24, 2.45) is 5.92 Å². The maximum atomic E-state index is 12.6. The summed E-state index contributed by atoms with van der Waals surface area (Å²) in [4.78, 5) is 13.9. The van der Waals surface area contributed by atoms with Gasteiger partial charge in [-0.1, -0.05) is 42.2 Å². The van der Waals surface area contributed by atoms with E-state index in [2.05, 4.69) is 23.6 Å². The highest BCUT2D eigenvalue weighted by Crippen LogP contribution is 2.40. The molecule has 2 aliphatic carbocycles. The number of hydrogen-bond donors (Lipinski definition) is 2. The van der Waals surface area contributed by atoms with E-state index in [0.29, 0.717) is 13.2 Å². The summed E-state index contributed by atoms with van der Waals surface area (Å²) in [5, 5.41) is 8.97. The number of nitrogens with one attached hydrogen (secondary N) is 1. The summed E-state index contributed by atoms with van der Waals surface area (Å²) in [6.45, 7) is 1.11. The minimum atomic E-state index is -4.22. The van der Waals surface area contributed by atoms with Gasteiger partial charge in [-0.3, -0.25) is 4.79 Å². The lowest BCUT2D eigenvalue weighted by Gasteiger charge is -2.26. The molecule has 0 bridgehead atoms. The molecule has 30 heavy (non-hydrogen) atoms. The zero-order chi connectivity index (χ0) is 21.7. The zero-order valence-electron chi connectivity index (χ0n) is 16.5. The van der Waals surface area contributed by atoms with Gasteiger partial charge < -0.3 is 4.90 Å². The number of halogens is 3. The summed E-state index contributed by atoms with van der Waals surface area (Å²) in [7, 11) is 0. The van der Waals surface area contributed by atoms with Gasteiger partial charge in [-0.2, -0.15) is 18.4 Å². The molecule has 4 nitrogen and oxygen atoms in total. The average molecular weight is 436 g/mol. The molecule has 8 heteroatoms. The molecule has 0 heterocycles. The second-order valence-corrected chi connectivity index (χ2v) is 8.03. The molecular formula is C22H24F3N3OS. The number of carbonyl (C=O) groups excluding carboxylic acids is 1. The Hall–Kier alpha value is -2.24. The van der Waals surface area contributed by atoms with Crippen LogP contribution < -0.4 is 9.62 Å². The number of allylic oxidation sites excluding steroid dienone is 3. The van der Waals surface area contributed by atoms with E-state index in [1.54, 1.807) is 18.2 Å². The van der Waals surface area contributed by atoms with E-state index in [1.165, 1.54) is 23.3 Å².